The van der Waals surface area contributed by atoms with E-state index < -0.39 is 0 Å². The van der Waals surface area contributed by atoms with Gasteiger partial charge < -0.3 is 5.32 Å². The van der Waals surface area contributed by atoms with Crippen LogP contribution in [-0.2, 0) is 0 Å². The van der Waals surface area contributed by atoms with Crippen LogP contribution in [0.5, 0.6) is 0 Å². The molecule has 0 aliphatic heterocycles. The number of rotatable bonds is 7. The highest BCUT2D eigenvalue weighted by molar-refractivity contribution is 4.94. The topological polar surface area (TPSA) is 12.0 Å². The monoisotopic (exact) mass is 209 g/mol. The van der Waals surface area contributed by atoms with Gasteiger partial charge in [-0.05, 0) is 38.0 Å². The third kappa shape index (κ3) is 11.2. The lowest BCUT2D eigenvalue weighted by Gasteiger charge is -2.20. The van der Waals surface area contributed by atoms with Crippen LogP contribution < -0.4 is 5.32 Å². The second kappa shape index (κ2) is 6.71. The lowest BCUT2D eigenvalue weighted by molar-refractivity contribution is 0.398. The average Bonchev–Trinajstić information content (AvgIpc) is 1.99. The molecule has 88 valence electrons. The molecule has 0 aliphatic rings. The molecule has 0 radical (unpaired) electrons. The van der Waals surface area contributed by atoms with Crippen LogP contribution in [0.1, 0.15) is 53.4 Å². The van der Waals surface area contributed by atoms with Gasteiger partial charge in [-0.25, -0.2) is 0 Å². The number of hydrogen-bond acceptors (Lipinski definition) is 1. The molecule has 0 unspecified atom stereocenters. The number of allylic oxidation sites excluding steroid dienone is 2. The van der Waals surface area contributed by atoms with Gasteiger partial charge in [0.05, 0.1) is 0 Å². The lowest BCUT2D eigenvalue weighted by atomic mass is 9.91. The summed E-state index contributed by atoms with van der Waals surface area (Å²) in [5.74, 6) is 0. The molecule has 0 atom stereocenters. The molecule has 0 heterocycles. The van der Waals surface area contributed by atoms with Crippen molar-refractivity contribution in [2.75, 3.05) is 6.54 Å². The lowest BCUT2D eigenvalue weighted by Crippen LogP contribution is -2.18. The normalized spacial score (nSPS) is 11.2. The number of nitrogens with one attached hydrogen (secondary N) is 1. The van der Waals surface area contributed by atoms with E-state index in [4.69, 9.17) is 0 Å². The maximum Gasteiger partial charge on any atom is 0.0143 e. The first-order valence-electron chi connectivity index (χ1n) is 5.87. The van der Waals surface area contributed by atoms with E-state index in [1.54, 1.807) is 0 Å². The molecule has 1 N–H and O–H groups in total. The van der Waals surface area contributed by atoms with Gasteiger partial charge in [-0.15, -0.1) is 6.58 Å². The zero-order valence-corrected chi connectivity index (χ0v) is 10.9. The zero-order chi connectivity index (χ0) is 11.9. The summed E-state index contributed by atoms with van der Waals surface area (Å²) in [5, 5.41) is 3.39. The van der Waals surface area contributed by atoms with Crippen LogP contribution in [0, 0.1) is 5.41 Å². The fraction of sp³-hybridized carbons (Fsp3) is 0.714. The van der Waals surface area contributed by atoms with Gasteiger partial charge >= 0.3 is 0 Å². The van der Waals surface area contributed by atoms with E-state index in [0.29, 0.717) is 5.41 Å². The summed E-state index contributed by atoms with van der Waals surface area (Å²) in [5.41, 5.74) is 2.78. The van der Waals surface area contributed by atoms with E-state index in [9.17, 15) is 0 Å². The Bertz CT molecular complexity index is 208. The minimum absolute atomic E-state index is 0.335. The first kappa shape index (κ1) is 14.3. The van der Waals surface area contributed by atoms with E-state index in [0.717, 1.165) is 25.1 Å². The van der Waals surface area contributed by atoms with Gasteiger partial charge in [0.15, 0.2) is 0 Å². The Morgan fingerprint density at radius 2 is 1.73 bits per heavy atom. The second-order valence-electron chi connectivity index (χ2n) is 5.68. The highest BCUT2D eigenvalue weighted by Gasteiger charge is 2.11. The summed E-state index contributed by atoms with van der Waals surface area (Å²) in [6.07, 6.45) is 4.63. The van der Waals surface area contributed by atoms with Gasteiger partial charge in [-0.1, -0.05) is 32.9 Å². The Morgan fingerprint density at radius 1 is 1.13 bits per heavy atom. The molecule has 0 spiro atoms. The molecule has 0 saturated carbocycles. The Morgan fingerprint density at radius 3 is 2.20 bits per heavy atom. The van der Waals surface area contributed by atoms with Crippen molar-refractivity contribution in [2.24, 2.45) is 5.41 Å². The molecular formula is C14H27N. The third-order valence-electron chi connectivity index (χ3n) is 2.15. The van der Waals surface area contributed by atoms with E-state index >= 15 is 0 Å². The van der Waals surface area contributed by atoms with Crippen LogP contribution in [0.2, 0.25) is 0 Å². The third-order valence-corrected chi connectivity index (χ3v) is 2.15. The molecule has 0 aromatic rings. The molecule has 0 fully saturated rings. The summed E-state index contributed by atoms with van der Waals surface area (Å²) in [6, 6.07) is 0. The summed E-state index contributed by atoms with van der Waals surface area (Å²) in [7, 11) is 0. The van der Waals surface area contributed by atoms with Gasteiger partial charge in [-0.2, -0.15) is 0 Å². The standard InChI is InChI=1S/C14H27N/c1-12(2)9-7-8-10-15-13(3)11-14(4,5)6/h15H,1,3,7-11H2,2,4-6H3. The molecule has 1 nitrogen and oxygen atoms in total. The number of hydrogen-bond donors (Lipinski definition) is 1. The predicted octanol–water partition coefficient (Wildman–Crippen LogP) is 4.27. The SMILES string of the molecule is C=C(C)CCCCNC(=C)CC(C)(C)C. The molecule has 15 heavy (non-hydrogen) atoms. The molecule has 0 bridgehead atoms. The van der Waals surface area contributed by atoms with Crippen molar-refractivity contribution in [2.45, 2.75) is 53.4 Å². The average molecular weight is 209 g/mol. The van der Waals surface area contributed by atoms with Gasteiger partial charge in [-0.3, -0.25) is 0 Å². The molecule has 0 amide bonds. The fourth-order valence-corrected chi connectivity index (χ4v) is 1.52. The maximum absolute atomic E-state index is 4.04. The van der Waals surface area contributed by atoms with Crippen molar-refractivity contribution in [3.05, 3.63) is 24.4 Å². The fourth-order valence-electron chi connectivity index (χ4n) is 1.52. The Kier molecular flexibility index (Phi) is 6.38. The Labute approximate surface area is 95.7 Å². The first-order valence-corrected chi connectivity index (χ1v) is 5.87. The maximum atomic E-state index is 4.04. The van der Waals surface area contributed by atoms with Crippen LogP contribution >= 0.6 is 0 Å². The molecule has 0 aromatic heterocycles. The van der Waals surface area contributed by atoms with Crippen LogP contribution in [-0.4, -0.2) is 6.54 Å². The minimum Gasteiger partial charge on any atom is -0.389 e. The summed E-state index contributed by atoms with van der Waals surface area (Å²) in [6.45, 7) is 17.8. The van der Waals surface area contributed by atoms with Crippen molar-refractivity contribution in [1.82, 2.24) is 5.32 Å². The van der Waals surface area contributed by atoms with Crippen molar-refractivity contribution >= 4 is 0 Å². The van der Waals surface area contributed by atoms with Crippen LogP contribution in [0.3, 0.4) is 0 Å². The first-order chi connectivity index (χ1) is 6.81. The van der Waals surface area contributed by atoms with Gasteiger partial charge in [0.1, 0.15) is 0 Å². The van der Waals surface area contributed by atoms with E-state index in [2.05, 4.69) is 46.2 Å². The highest BCUT2D eigenvalue weighted by Crippen LogP contribution is 2.21. The minimum atomic E-state index is 0.335. The molecular weight excluding hydrogens is 182 g/mol. The van der Waals surface area contributed by atoms with Crippen molar-refractivity contribution in [1.29, 1.82) is 0 Å². The molecule has 0 saturated heterocycles. The van der Waals surface area contributed by atoms with Gasteiger partial charge in [0.2, 0.25) is 0 Å². The Balaban J connectivity index is 3.44. The van der Waals surface area contributed by atoms with E-state index in [-0.39, 0.29) is 0 Å². The zero-order valence-electron chi connectivity index (χ0n) is 10.9. The molecule has 1 heteroatoms. The van der Waals surface area contributed by atoms with Crippen LogP contribution in [0.25, 0.3) is 0 Å². The quantitative estimate of drug-likeness (QED) is 0.487. The van der Waals surface area contributed by atoms with Crippen LogP contribution in [0.4, 0.5) is 0 Å². The van der Waals surface area contributed by atoms with E-state index in [1.165, 1.54) is 18.4 Å². The van der Waals surface area contributed by atoms with Crippen LogP contribution in [0.15, 0.2) is 24.4 Å². The largest absolute Gasteiger partial charge is 0.389 e. The Hall–Kier alpha value is -0.720. The second-order valence-corrected chi connectivity index (χ2v) is 5.68. The van der Waals surface area contributed by atoms with Gasteiger partial charge in [0, 0.05) is 12.2 Å². The highest BCUT2D eigenvalue weighted by atomic mass is 14.9. The smallest absolute Gasteiger partial charge is 0.0143 e. The summed E-state index contributed by atoms with van der Waals surface area (Å²) >= 11 is 0. The molecule has 0 aromatic carbocycles. The van der Waals surface area contributed by atoms with Gasteiger partial charge in [0.25, 0.3) is 0 Å². The molecule has 0 rings (SSSR count). The van der Waals surface area contributed by atoms with Crippen molar-refractivity contribution in [3.8, 4) is 0 Å². The van der Waals surface area contributed by atoms with Crippen molar-refractivity contribution in [3.63, 3.8) is 0 Å². The van der Waals surface area contributed by atoms with E-state index in [1.807, 2.05) is 0 Å². The summed E-state index contributed by atoms with van der Waals surface area (Å²) in [4.78, 5) is 0. The molecule has 0 aliphatic carbocycles. The summed E-state index contributed by atoms with van der Waals surface area (Å²) < 4.78 is 0. The predicted molar refractivity (Wildman–Crippen MR) is 69.9 cm³/mol. The van der Waals surface area contributed by atoms with Crippen molar-refractivity contribution < 1.29 is 0 Å². The number of unbranched alkanes of at least 4 members (excludes halogenated alkanes) is 1.